The number of unbranched alkanes of at least 4 members (excludes halogenated alkanes) is 2. The van der Waals surface area contributed by atoms with Crippen molar-refractivity contribution in [3.8, 4) is 11.5 Å². The summed E-state index contributed by atoms with van der Waals surface area (Å²) < 4.78 is 17.5. The molecule has 38 heavy (non-hydrogen) atoms. The minimum absolute atomic E-state index is 0.143. The van der Waals surface area contributed by atoms with E-state index in [9.17, 15) is 9.59 Å². The van der Waals surface area contributed by atoms with Crippen molar-refractivity contribution in [3.05, 3.63) is 94.5 Å². The minimum atomic E-state index is -0.426. The normalized spacial score (nSPS) is 15.2. The van der Waals surface area contributed by atoms with Gasteiger partial charge in [0.1, 0.15) is 23.7 Å². The highest BCUT2D eigenvalue weighted by molar-refractivity contribution is 5.94. The highest BCUT2D eigenvalue weighted by atomic mass is 16.5. The minimum Gasteiger partial charge on any atom is -0.488 e. The molecule has 0 atom stereocenters. The molecular weight excluding hydrogens is 476 g/mol. The van der Waals surface area contributed by atoms with Gasteiger partial charge in [-0.3, -0.25) is 0 Å². The average molecular weight is 515 g/mol. The van der Waals surface area contributed by atoms with Gasteiger partial charge in [0.2, 0.25) is 0 Å². The second-order valence-electron chi connectivity index (χ2n) is 11.4. The summed E-state index contributed by atoms with van der Waals surface area (Å²) in [5.41, 5.74) is 3.44. The zero-order chi connectivity index (χ0) is 27.3. The van der Waals surface area contributed by atoms with Crippen LogP contribution < -0.4 is 9.47 Å². The third-order valence-corrected chi connectivity index (χ3v) is 6.97. The van der Waals surface area contributed by atoms with Crippen LogP contribution in [0.25, 0.3) is 0 Å². The molecule has 0 fully saturated rings. The first-order valence-electron chi connectivity index (χ1n) is 13.5. The molecule has 0 saturated heterocycles. The number of benzene rings is 3. The van der Waals surface area contributed by atoms with E-state index < -0.39 is 11.9 Å². The smallest absolute Gasteiger partial charge is 0.343 e. The molecule has 200 valence electrons. The van der Waals surface area contributed by atoms with Gasteiger partial charge in [0.15, 0.2) is 0 Å². The highest BCUT2D eigenvalue weighted by Gasteiger charge is 2.40. The van der Waals surface area contributed by atoms with E-state index in [1.807, 2.05) is 42.5 Å². The van der Waals surface area contributed by atoms with Gasteiger partial charge >= 0.3 is 11.9 Å². The first-order valence-corrected chi connectivity index (χ1v) is 13.5. The van der Waals surface area contributed by atoms with Crippen molar-refractivity contribution < 1.29 is 23.8 Å². The Morgan fingerprint density at radius 3 is 2.29 bits per heavy atom. The largest absolute Gasteiger partial charge is 0.488 e. The molecule has 0 unspecified atom stereocenters. The van der Waals surface area contributed by atoms with Crippen LogP contribution >= 0.6 is 0 Å². The van der Waals surface area contributed by atoms with E-state index in [1.54, 1.807) is 24.3 Å². The predicted molar refractivity (Wildman–Crippen MR) is 149 cm³/mol. The molecule has 0 radical (unpaired) electrons. The number of esters is 2. The summed E-state index contributed by atoms with van der Waals surface area (Å²) in [7, 11) is 0. The summed E-state index contributed by atoms with van der Waals surface area (Å²) in [4.78, 5) is 25.9. The Bertz CT molecular complexity index is 1270. The molecule has 1 aliphatic heterocycles. The fourth-order valence-electron chi connectivity index (χ4n) is 5.32. The van der Waals surface area contributed by atoms with Crippen molar-refractivity contribution >= 4 is 11.9 Å². The maximum atomic E-state index is 13.4. The monoisotopic (exact) mass is 514 g/mol. The molecule has 4 rings (SSSR count). The molecule has 0 aliphatic carbocycles. The molecule has 3 aromatic rings. The second kappa shape index (κ2) is 11.4. The van der Waals surface area contributed by atoms with E-state index in [0.717, 1.165) is 54.5 Å². The molecule has 1 heterocycles. The van der Waals surface area contributed by atoms with Gasteiger partial charge in [0.25, 0.3) is 0 Å². The summed E-state index contributed by atoms with van der Waals surface area (Å²) in [5.74, 6) is 0.403. The maximum Gasteiger partial charge on any atom is 0.343 e. The van der Waals surface area contributed by atoms with E-state index in [1.165, 1.54) is 0 Å². The third kappa shape index (κ3) is 6.63. The first kappa shape index (κ1) is 27.4. The third-order valence-electron chi connectivity index (χ3n) is 6.97. The lowest BCUT2D eigenvalue weighted by atomic mass is 9.73. The zero-order valence-electron chi connectivity index (χ0n) is 23.1. The van der Waals surface area contributed by atoms with Gasteiger partial charge in [0, 0.05) is 5.56 Å². The number of ether oxygens (including phenoxy) is 3. The topological polar surface area (TPSA) is 61.8 Å². The summed E-state index contributed by atoms with van der Waals surface area (Å²) in [6.07, 6.45) is 4.80. The molecule has 1 aliphatic rings. The van der Waals surface area contributed by atoms with Crippen LogP contribution in [0.2, 0.25) is 0 Å². The number of hydrogen-bond acceptors (Lipinski definition) is 5. The van der Waals surface area contributed by atoms with Crippen LogP contribution in [0.4, 0.5) is 0 Å². The molecular formula is C33H38O5. The molecule has 0 saturated carbocycles. The Hall–Kier alpha value is -3.60. The van der Waals surface area contributed by atoms with Gasteiger partial charge in [0.05, 0.1) is 11.1 Å². The van der Waals surface area contributed by atoms with E-state index in [0.29, 0.717) is 16.9 Å². The van der Waals surface area contributed by atoms with Crippen LogP contribution in [0.1, 0.15) is 97.7 Å². The summed E-state index contributed by atoms with van der Waals surface area (Å²) in [6.45, 7) is 11.0. The quantitative estimate of drug-likeness (QED) is 0.165. The van der Waals surface area contributed by atoms with Crippen LogP contribution in [0.15, 0.2) is 66.7 Å². The van der Waals surface area contributed by atoms with Crippen LogP contribution in [0, 0.1) is 0 Å². The Balaban J connectivity index is 1.51. The Labute approximate surface area is 226 Å². The van der Waals surface area contributed by atoms with E-state index >= 15 is 0 Å². The van der Waals surface area contributed by atoms with Crippen molar-refractivity contribution in [2.24, 2.45) is 0 Å². The van der Waals surface area contributed by atoms with E-state index in [2.05, 4.69) is 34.6 Å². The van der Waals surface area contributed by atoms with E-state index in [-0.39, 0.29) is 17.6 Å². The van der Waals surface area contributed by atoms with Gasteiger partial charge in [-0.15, -0.1) is 0 Å². The van der Waals surface area contributed by atoms with Gasteiger partial charge in [-0.25, -0.2) is 9.59 Å². The van der Waals surface area contributed by atoms with Crippen LogP contribution in [0.3, 0.4) is 0 Å². The maximum absolute atomic E-state index is 13.4. The zero-order valence-corrected chi connectivity index (χ0v) is 23.1. The lowest BCUT2D eigenvalue weighted by Crippen LogP contribution is -2.41. The SMILES string of the molecule is CCCCCc1cc2c(cc1C(=O)Oc1ccc(C(=O)OCc3ccccc3)cc1)C(C)(C)CC(C)(C)O2. The molecule has 0 bridgehead atoms. The van der Waals surface area contributed by atoms with E-state index in [4.69, 9.17) is 14.2 Å². The highest BCUT2D eigenvalue weighted by Crippen LogP contribution is 2.46. The molecule has 0 aromatic heterocycles. The van der Waals surface area contributed by atoms with Crippen molar-refractivity contribution in [3.63, 3.8) is 0 Å². The Kier molecular flexibility index (Phi) is 8.25. The summed E-state index contributed by atoms with van der Waals surface area (Å²) in [6, 6.07) is 20.0. The van der Waals surface area contributed by atoms with Crippen LogP contribution in [-0.4, -0.2) is 17.5 Å². The second-order valence-corrected chi connectivity index (χ2v) is 11.4. The van der Waals surface area contributed by atoms with Gasteiger partial charge in [-0.2, -0.15) is 0 Å². The molecule has 5 nitrogen and oxygen atoms in total. The Morgan fingerprint density at radius 2 is 1.61 bits per heavy atom. The van der Waals surface area contributed by atoms with Crippen LogP contribution in [-0.2, 0) is 23.2 Å². The van der Waals surface area contributed by atoms with Crippen molar-refractivity contribution in [1.82, 2.24) is 0 Å². The summed E-state index contributed by atoms with van der Waals surface area (Å²) >= 11 is 0. The van der Waals surface area contributed by atoms with Crippen molar-refractivity contribution in [2.45, 2.75) is 84.3 Å². The fourth-order valence-corrected chi connectivity index (χ4v) is 5.32. The van der Waals surface area contributed by atoms with Crippen molar-refractivity contribution in [1.29, 1.82) is 0 Å². The number of hydrogen-bond donors (Lipinski definition) is 0. The number of carbonyl (C=O) groups is 2. The standard InChI is InChI=1S/C33H38O5/c1-6-7-9-14-25-19-29-28(32(2,3)22-33(4,5)38-29)20-27(25)31(35)37-26-17-15-24(16-18-26)30(34)36-21-23-12-10-8-11-13-23/h8,10-13,15-20H,6-7,9,14,21-22H2,1-5H3. The molecule has 3 aromatic carbocycles. The Morgan fingerprint density at radius 1 is 0.895 bits per heavy atom. The lowest BCUT2D eigenvalue weighted by Gasteiger charge is -2.42. The molecule has 5 heteroatoms. The lowest BCUT2D eigenvalue weighted by molar-refractivity contribution is 0.0472. The average Bonchev–Trinajstić information content (AvgIpc) is 2.87. The van der Waals surface area contributed by atoms with Gasteiger partial charge < -0.3 is 14.2 Å². The molecule has 0 amide bonds. The number of fused-ring (bicyclic) bond motifs is 1. The fraction of sp³-hybridized carbons (Fsp3) is 0.394. The predicted octanol–water partition coefficient (Wildman–Crippen LogP) is 7.83. The molecule has 0 N–H and O–H groups in total. The number of aryl methyl sites for hydroxylation is 1. The number of carbonyl (C=O) groups excluding carboxylic acids is 2. The van der Waals surface area contributed by atoms with Crippen molar-refractivity contribution in [2.75, 3.05) is 0 Å². The van der Waals surface area contributed by atoms with Crippen LogP contribution in [0.5, 0.6) is 11.5 Å². The van der Waals surface area contributed by atoms with Gasteiger partial charge in [-0.1, -0.05) is 63.9 Å². The summed E-state index contributed by atoms with van der Waals surface area (Å²) in [5, 5.41) is 0. The first-order chi connectivity index (χ1) is 18.1. The van der Waals surface area contributed by atoms with Gasteiger partial charge in [-0.05, 0) is 86.1 Å². The molecule has 0 spiro atoms. The number of rotatable bonds is 9.